The van der Waals surface area contributed by atoms with Crippen LogP contribution in [-0.4, -0.2) is 16.1 Å². The van der Waals surface area contributed by atoms with Crippen LogP contribution in [-0.2, 0) is 11.2 Å². The zero-order valence-electron chi connectivity index (χ0n) is 10.4. The maximum absolute atomic E-state index is 11.6. The summed E-state index contributed by atoms with van der Waals surface area (Å²) in [6.07, 6.45) is 2.32. The quantitative estimate of drug-likeness (QED) is 0.678. The lowest BCUT2D eigenvalue weighted by Crippen LogP contribution is -2.07. The Labute approximate surface area is 120 Å². The third-order valence-corrected chi connectivity index (χ3v) is 3.97. The van der Waals surface area contributed by atoms with Gasteiger partial charge in [0.1, 0.15) is 5.01 Å². The average Bonchev–Trinajstić information content (AvgIpc) is 2.87. The number of aryl methyl sites for hydroxylation is 1. The fraction of sp³-hybridized carbons (Fsp3) is 0.154. The molecule has 0 aliphatic carbocycles. The molecular formula is C13H13N3OS2. The molecule has 98 valence electrons. The molecule has 2 rings (SSSR count). The number of carbonyl (C=O) groups excluding carboxylic acids is 1. The van der Waals surface area contributed by atoms with Crippen molar-refractivity contribution in [3.05, 3.63) is 46.8 Å². The first kappa shape index (κ1) is 13.8. The topological polar surface area (TPSA) is 54.9 Å². The zero-order valence-corrected chi connectivity index (χ0v) is 12.0. The van der Waals surface area contributed by atoms with Crippen LogP contribution in [0.2, 0.25) is 0 Å². The minimum absolute atomic E-state index is 0.192. The van der Waals surface area contributed by atoms with E-state index in [1.165, 1.54) is 29.2 Å². The van der Waals surface area contributed by atoms with Crippen LogP contribution in [0.5, 0.6) is 0 Å². The first-order valence-corrected chi connectivity index (χ1v) is 7.49. The van der Waals surface area contributed by atoms with Gasteiger partial charge in [0.2, 0.25) is 5.13 Å². The molecule has 0 atom stereocenters. The smallest absolute Gasteiger partial charge is 0.250 e. The van der Waals surface area contributed by atoms with E-state index in [1.807, 2.05) is 37.3 Å². The van der Waals surface area contributed by atoms with Gasteiger partial charge in [0, 0.05) is 11.0 Å². The summed E-state index contributed by atoms with van der Waals surface area (Å²) in [6.45, 7) is 2.00. The second-order valence-electron chi connectivity index (χ2n) is 3.58. The van der Waals surface area contributed by atoms with Crippen molar-refractivity contribution in [3.8, 4) is 0 Å². The van der Waals surface area contributed by atoms with E-state index in [9.17, 15) is 4.79 Å². The number of hydrogen-bond acceptors (Lipinski definition) is 5. The molecule has 1 aromatic heterocycles. The van der Waals surface area contributed by atoms with E-state index in [1.54, 1.807) is 5.41 Å². The van der Waals surface area contributed by atoms with Crippen LogP contribution in [0.25, 0.3) is 0 Å². The van der Waals surface area contributed by atoms with Gasteiger partial charge in [-0.3, -0.25) is 10.1 Å². The molecule has 0 aliphatic heterocycles. The van der Waals surface area contributed by atoms with Crippen LogP contribution in [0.1, 0.15) is 11.9 Å². The highest BCUT2D eigenvalue weighted by Crippen LogP contribution is 2.18. The van der Waals surface area contributed by atoms with Crippen molar-refractivity contribution in [2.24, 2.45) is 0 Å². The Morgan fingerprint density at radius 3 is 2.84 bits per heavy atom. The van der Waals surface area contributed by atoms with Gasteiger partial charge in [-0.15, -0.1) is 10.2 Å². The Bertz CT molecular complexity index is 566. The van der Waals surface area contributed by atoms with Crippen LogP contribution < -0.4 is 5.32 Å². The van der Waals surface area contributed by atoms with Gasteiger partial charge in [0.15, 0.2) is 0 Å². The normalized spacial score (nSPS) is 10.8. The van der Waals surface area contributed by atoms with Crippen molar-refractivity contribution < 1.29 is 4.79 Å². The van der Waals surface area contributed by atoms with Crippen LogP contribution in [0.15, 0.2) is 46.7 Å². The lowest BCUT2D eigenvalue weighted by Gasteiger charge is -1.95. The maximum Gasteiger partial charge on any atom is 0.250 e. The van der Waals surface area contributed by atoms with Crippen molar-refractivity contribution >= 4 is 34.1 Å². The largest absolute Gasteiger partial charge is 0.297 e. The van der Waals surface area contributed by atoms with E-state index in [2.05, 4.69) is 15.5 Å². The number of carbonyl (C=O) groups is 1. The molecule has 0 saturated heterocycles. The van der Waals surface area contributed by atoms with Crippen molar-refractivity contribution in [2.45, 2.75) is 18.2 Å². The minimum Gasteiger partial charge on any atom is -0.297 e. The molecule has 0 unspecified atom stereocenters. The number of hydrogen-bond donors (Lipinski definition) is 1. The predicted octanol–water partition coefficient (Wildman–Crippen LogP) is 3.35. The second kappa shape index (κ2) is 7.06. The minimum atomic E-state index is -0.192. The third kappa shape index (κ3) is 4.50. The van der Waals surface area contributed by atoms with E-state index in [0.717, 1.165) is 16.3 Å². The molecule has 0 saturated carbocycles. The first-order chi connectivity index (χ1) is 9.28. The summed E-state index contributed by atoms with van der Waals surface area (Å²) in [6, 6.07) is 9.87. The lowest BCUT2D eigenvalue weighted by atomic mass is 10.4. The van der Waals surface area contributed by atoms with E-state index in [0.29, 0.717) is 5.13 Å². The van der Waals surface area contributed by atoms with Gasteiger partial charge < -0.3 is 0 Å². The molecule has 1 heterocycles. The highest BCUT2D eigenvalue weighted by molar-refractivity contribution is 8.02. The monoisotopic (exact) mass is 291 g/mol. The number of rotatable bonds is 5. The number of benzene rings is 1. The van der Waals surface area contributed by atoms with Crippen LogP contribution in [0.3, 0.4) is 0 Å². The molecule has 1 N–H and O–H groups in total. The van der Waals surface area contributed by atoms with Crippen molar-refractivity contribution in [3.63, 3.8) is 0 Å². The van der Waals surface area contributed by atoms with Crippen molar-refractivity contribution in [1.82, 2.24) is 10.2 Å². The molecule has 0 bridgehead atoms. The summed E-state index contributed by atoms with van der Waals surface area (Å²) in [5.74, 6) is -0.192. The van der Waals surface area contributed by atoms with Gasteiger partial charge in [-0.1, -0.05) is 48.2 Å². The van der Waals surface area contributed by atoms with Gasteiger partial charge >= 0.3 is 0 Å². The Morgan fingerprint density at radius 2 is 2.16 bits per heavy atom. The molecule has 0 aliphatic rings. The lowest BCUT2D eigenvalue weighted by molar-refractivity contribution is -0.111. The first-order valence-electron chi connectivity index (χ1n) is 5.79. The number of thioether (sulfide) groups is 1. The van der Waals surface area contributed by atoms with Gasteiger partial charge in [0.25, 0.3) is 5.91 Å². The number of anilines is 1. The van der Waals surface area contributed by atoms with Gasteiger partial charge in [-0.05, 0) is 24.0 Å². The fourth-order valence-electron chi connectivity index (χ4n) is 1.27. The Morgan fingerprint density at radius 1 is 1.37 bits per heavy atom. The summed E-state index contributed by atoms with van der Waals surface area (Å²) in [4.78, 5) is 12.7. The Balaban J connectivity index is 1.84. The molecular weight excluding hydrogens is 278 g/mol. The number of amides is 1. The third-order valence-electron chi connectivity index (χ3n) is 2.17. The van der Waals surface area contributed by atoms with E-state index in [-0.39, 0.29) is 5.91 Å². The summed E-state index contributed by atoms with van der Waals surface area (Å²) < 4.78 is 0. The summed E-state index contributed by atoms with van der Waals surface area (Å²) in [7, 11) is 0. The Hall–Kier alpha value is -1.66. The highest BCUT2D eigenvalue weighted by Gasteiger charge is 2.04. The van der Waals surface area contributed by atoms with E-state index in [4.69, 9.17) is 0 Å². The van der Waals surface area contributed by atoms with Crippen molar-refractivity contribution in [2.75, 3.05) is 5.32 Å². The fourth-order valence-corrected chi connectivity index (χ4v) is 2.61. The number of nitrogens with one attached hydrogen (secondary N) is 1. The molecule has 0 spiro atoms. The van der Waals surface area contributed by atoms with E-state index < -0.39 is 0 Å². The molecule has 0 fully saturated rings. The number of aromatic nitrogens is 2. The van der Waals surface area contributed by atoms with Gasteiger partial charge in [0.05, 0.1) is 0 Å². The maximum atomic E-state index is 11.6. The molecule has 0 radical (unpaired) electrons. The average molecular weight is 291 g/mol. The summed E-state index contributed by atoms with van der Waals surface area (Å²) in [5, 5.41) is 13.7. The molecule has 6 heteroatoms. The van der Waals surface area contributed by atoms with Crippen molar-refractivity contribution in [1.29, 1.82) is 0 Å². The van der Waals surface area contributed by atoms with Gasteiger partial charge in [-0.25, -0.2) is 0 Å². The molecule has 19 heavy (non-hydrogen) atoms. The highest BCUT2D eigenvalue weighted by atomic mass is 32.2. The zero-order chi connectivity index (χ0) is 13.5. The Kier molecular flexibility index (Phi) is 5.11. The summed E-state index contributed by atoms with van der Waals surface area (Å²) >= 11 is 2.89. The molecule has 1 aromatic carbocycles. The standard InChI is InChI=1S/C13H13N3OS2/c1-2-12-15-16-13(19-12)14-11(17)8-9-18-10-6-4-3-5-7-10/h3-9H,2H2,1H3,(H,14,16,17)/b9-8+. The van der Waals surface area contributed by atoms with E-state index >= 15 is 0 Å². The molecule has 4 nitrogen and oxygen atoms in total. The molecule has 2 aromatic rings. The van der Waals surface area contributed by atoms with Crippen LogP contribution >= 0.6 is 23.1 Å². The number of nitrogens with zero attached hydrogens (tertiary/aromatic N) is 2. The van der Waals surface area contributed by atoms with Crippen LogP contribution in [0.4, 0.5) is 5.13 Å². The second-order valence-corrected chi connectivity index (χ2v) is 5.62. The predicted molar refractivity (Wildman–Crippen MR) is 79.4 cm³/mol. The summed E-state index contributed by atoms with van der Waals surface area (Å²) in [5.41, 5.74) is 0. The van der Waals surface area contributed by atoms with Crippen LogP contribution in [0, 0.1) is 0 Å². The van der Waals surface area contributed by atoms with Gasteiger partial charge in [-0.2, -0.15) is 0 Å². The SMILES string of the molecule is CCc1nnc(NC(=O)/C=C/Sc2ccccc2)s1. The molecule has 1 amide bonds.